The van der Waals surface area contributed by atoms with Gasteiger partial charge in [-0.2, -0.15) is 0 Å². The second-order valence-electron chi connectivity index (χ2n) is 5.53. The SMILES string of the molecule is Cc1ccc(C)c(CC(CN)Cc2ccccc2Br)c1. The summed E-state index contributed by atoms with van der Waals surface area (Å²) in [5.74, 6) is 0.481. The number of nitrogens with two attached hydrogens (primary N) is 1. The molecule has 0 aliphatic heterocycles. The van der Waals surface area contributed by atoms with Gasteiger partial charge in [0.15, 0.2) is 0 Å². The fourth-order valence-electron chi connectivity index (χ4n) is 2.54. The Kier molecular flexibility index (Phi) is 5.38. The van der Waals surface area contributed by atoms with Crippen LogP contribution < -0.4 is 5.73 Å². The van der Waals surface area contributed by atoms with Gasteiger partial charge in [0, 0.05) is 4.47 Å². The number of halogens is 1. The molecule has 0 aliphatic carbocycles. The van der Waals surface area contributed by atoms with E-state index in [2.05, 4.69) is 72.2 Å². The topological polar surface area (TPSA) is 26.0 Å². The van der Waals surface area contributed by atoms with Crippen LogP contribution >= 0.6 is 15.9 Å². The summed E-state index contributed by atoms with van der Waals surface area (Å²) in [6.07, 6.45) is 2.07. The van der Waals surface area contributed by atoms with Gasteiger partial charge in [-0.05, 0) is 61.9 Å². The van der Waals surface area contributed by atoms with Crippen molar-refractivity contribution in [3.63, 3.8) is 0 Å². The molecule has 1 unspecified atom stereocenters. The first-order valence-corrected chi connectivity index (χ1v) is 7.89. The van der Waals surface area contributed by atoms with Crippen molar-refractivity contribution in [1.29, 1.82) is 0 Å². The maximum Gasteiger partial charge on any atom is 0.0207 e. The molecule has 0 bridgehead atoms. The van der Waals surface area contributed by atoms with Gasteiger partial charge >= 0.3 is 0 Å². The van der Waals surface area contributed by atoms with E-state index in [1.54, 1.807) is 0 Å². The summed E-state index contributed by atoms with van der Waals surface area (Å²) in [7, 11) is 0. The average Bonchev–Trinajstić information content (AvgIpc) is 2.44. The van der Waals surface area contributed by atoms with Crippen LogP contribution in [0.2, 0.25) is 0 Å². The molecule has 1 nitrogen and oxygen atoms in total. The van der Waals surface area contributed by atoms with Crippen molar-refractivity contribution in [2.45, 2.75) is 26.7 Å². The van der Waals surface area contributed by atoms with Gasteiger partial charge in [-0.3, -0.25) is 0 Å². The van der Waals surface area contributed by atoms with Gasteiger partial charge in [-0.25, -0.2) is 0 Å². The van der Waals surface area contributed by atoms with Crippen LogP contribution in [0.3, 0.4) is 0 Å². The first kappa shape index (κ1) is 15.3. The molecular formula is C18H22BrN. The molecule has 0 fully saturated rings. The van der Waals surface area contributed by atoms with Crippen molar-refractivity contribution in [2.24, 2.45) is 11.7 Å². The Bertz CT molecular complexity index is 577. The maximum atomic E-state index is 5.99. The number of rotatable bonds is 5. The molecule has 0 saturated carbocycles. The minimum Gasteiger partial charge on any atom is -0.330 e. The Labute approximate surface area is 130 Å². The fraction of sp³-hybridized carbons (Fsp3) is 0.333. The third-order valence-corrected chi connectivity index (χ3v) is 4.59. The van der Waals surface area contributed by atoms with Crippen molar-refractivity contribution < 1.29 is 0 Å². The van der Waals surface area contributed by atoms with Crippen molar-refractivity contribution in [3.05, 3.63) is 69.2 Å². The van der Waals surface area contributed by atoms with Crippen LogP contribution in [-0.4, -0.2) is 6.54 Å². The molecule has 2 rings (SSSR count). The Morgan fingerprint density at radius 3 is 2.40 bits per heavy atom. The number of benzene rings is 2. The molecule has 2 aromatic rings. The molecule has 106 valence electrons. The Morgan fingerprint density at radius 1 is 1.00 bits per heavy atom. The minimum absolute atomic E-state index is 0.481. The first-order chi connectivity index (χ1) is 9.60. The van der Waals surface area contributed by atoms with Crippen LogP contribution in [0.25, 0.3) is 0 Å². The lowest BCUT2D eigenvalue weighted by molar-refractivity contribution is 0.531. The minimum atomic E-state index is 0.481. The van der Waals surface area contributed by atoms with Gasteiger partial charge in [0.25, 0.3) is 0 Å². The van der Waals surface area contributed by atoms with E-state index < -0.39 is 0 Å². The first-order valence-electron chi connectivity index (χ1n) is 7.09. The largest absolute Gasteiger partial charge is 0.330 e. The normalized spacial score (nSPS) is 12.4. The number of aryl methyl sites for hydroxylation is 2. The summed E-state index contributed by atoms with van der Waals surface area (Å²) in [5.41, 5.74) is 11.4. The van der Waals surface area contributed by atoms with Crippen molar-refractivity contribution in [1.82, 2.24) is 0 Å². The molecule has 0 amide bonds. The summed E-state index contributed by atoms with van der Waals surface area (Å²) in [6.45, 7) is 5.05. The molecule has 20 heavy (non-hydrogen) atoms. The molecule has 2 aromatic carbocycles. The quantitative estimate of drug-likeness (QED) is 0.861. The molecule has 2 N–H and O–H groups in total. The highest BCUT2D eigenvalue weighted by Gasteiger charge is 2.12. The summed E-state index contributed by atoms with van der Waals surface area (Å²) >= 11 is 3.62. The Balaban J connectivity index is 2.13. The predicted octanol–water partition coefficient (Wildman–Crippen LogP) is 4.43. The maximum absolute atomic E-state index is 5.99. The molecule has 0 radical (unpaired) electrons. The average molecular weight is 332 g/mol. The second-order valence-corrected chi connectivity index (χ2v) is 6.39. The number of hydrogen-bond acceptors (Lipinski definition) is 1. The van der Waals surface area contributed by atoms with Gasteiger partial charge in [0.2, 0.25) is 0 Å². The fourth-order valence-corrected chi connectivity index (χ4v) is 2.99. The summed E-state index contributed by atoms with van der Waals surface area (Å²) in [6, 6.07) is 15.1. The predicted molar refractivity (Wildman–Crippen MR) is 90.0 cm³/mol. The van der Waals surface area contributed by atoms with Crippen molar-refractivity contribution in [3.8, 4) is 0 Å². The smallest absolute Gasteiger partial charge is 0.0207 e. The lowest BCUT2D eigenvalue weighted by Gasteiger charge is -2.17. The third-order valence-electron chi connectivity index (χ3n) is 3.81. The lowest BCUT2D eigenvalue weighted by atomic mass is 9.90. The molecule has 1 atom stereocenters. The van der Waals surface area contributed by atoms with Crippen LogP contribution in [0.5, 0.6) is 0 Å². The summed E-state index contributed by atoms with van der Waals surface area (Å²) in [5, 5.41) is 0. The van der Waals surface area contributed by atoms with Crippen LogP contribution in [-0.2, 0) is 12.8 Å². The van der Waals surface area contributed by atoms with Gasteiger partial charge in [-0.1, -0.05) is 57.9 Å². The van der Waals surface area contributed by atoms with Crippen LogP contribution in [0.15, 0.2) is 46.9 Å². The van der Waals surface area contributed by atoms with E-state index in [-0.39, 0.29) is 0 Å². The van der Waals surface area contributed by atoms with Crippen molar-refractivity contribution >= 4 is 15.9 Å². The molecular weight excluding hydrogens is 310 g/mol. The molecule has 0 heterocycles. The van der Waals surface area contributed by atoms with E-state index in [0.29, 0.717) is 12.5 Å². The highest BCUT2D eigenvalue weighted by molar-refractivity contribution is 9.10. The van der Waals surface area contributed by atoms with E-state index in [1.807, 2.05) is 0 Å². The second kappa shape index (κ2) is 7.05. The zero-order chi connectivity index (χ0) is 14.5. The highest BCUT2D eigenvalue weighted by Crippen LogP contribution is 2.22. The molecule has 0 saturated heterocycles. The zero-order valence-electron chi connectivity index (χ0n) is 12.2. The lowest BCUT2D eigenvalue weighted by Crippen LogP contribution is -2.20. The van der Waals surface area contributed by atoms with Gasteiger partial charge in [0.05, 0.1) is 0 Å². The molecule has 0 spiro atoms. The third kappa shape index (κ3) is 3.94. The summed E-state index contributed by atoms with van der Waals surface area (Å²) < 4.78 is 1.18. The standard InChI is InChI=1S/C18H22BrN/c1-13-7-8-14(2)17(9-13)11-15(12-20)10-16-5-3-4-6-18(16)19/h3-9,15H,10-12,20H2,1-2H3. The van der Waals surface area contributed by atoms with E-state index in [9.17, 15) is 0 Å². The van der Waals surface area contributed by atoms with Gasteiger partial charge < -0.3 is 5.73 Å². The summed E-state index contributed by atoms with van der Waals surface area (Å²) in [4.78, 5) is 0. The van der Waals surface area contributed by atoms with Crippen LogP contribution in [0, 0.1) is 19.8 Å². The Morgan fingerprint density at radius 2 is 1.70 bits per heavy atom. The van der Waals surface area contributed by atoms with Gasteiger partial charge in [-0.15, -0.1) is 0 Å². The Hall–Kier alpha value is -1.12. The molecule has 0 aromatic heterocycles. The molecule has 0 aliphatic rings. The van der Waals surface area contributed by atoms with E-state index in [1.165, 1.54) is 26.7 Å². The zero-order valence-corrected chi connectivity index (χ0v) is 13.8. The monoisotopic (exact) mass is 331 g/mol. The molecule has 2 heteroatoms. The van der Waals surface area contributed by atoms with E-state index in [4.69, 9.17) is 5.73 Å². The van der Waals surface area contributed by atoms with E-state index in [0.717, 1.165) is 12.8 Å². The van der Waals surface area contributed by atoms with E-state index >= 15 is 0 Å². The van der Waals surface area contributed by atoms with Crippen LogP contribution in [0.4, 0.5) is 0 Å². The van der Waals surface area contributed by atoms with Crippen LogP contribution in [0.1, 0.15) is 22.3 Å². The van der Waals surface area contributed by atoms with Crippen molar-refractivity contribution in [2.75, 3.05) is 6.54 Å². The highest BCUT2D eigenvalue weighted by atomic mass is 79.9. The van der Waals surface area contributed by atoms with Gasteiger partial charge in [0.1, 0.15) is 0 Å². The number of hydrogen-bond donors (Lipinski definition) is 1.